The normalized spacial score (nSPS) is 11.3. The third kappa shape index (κ3) is 1.03. The van der Waals surface area contributed by atoms with E-state index in [-0.39, 0.29) is 0 Å². The van der Waals surface area contributed by atoms with Crippen molar-refractivity contribution in [1.82, 2.24) is 10.2 Å². The average Bonchev–Trinajstić information content (AvgIpc) is 2.51. The summed E-state index contributed by atoms with van der Waals surface area (Å²) in [6.07, 6.45) is 3.12. The Bertz CT molecular complexity index is 419. The molecule has 4 nitrogen and oxygen atoms in total. The second kappa shape index (κ2) is 2.65. The first-order valence-electron chi connectivity index (χ1n) is 3.51. The smallest absolute Gasteiger partial charge is 0.0734 e. The van der Waals surface area contributed by atoms with Crippen molar-refractivity contribution in [3.8, 4) is 0 Å². The molecule has 0 aliphatic carbocycles. The molecule has 0 aliphatic heterocycles. The first kappa shape index (κ1) is 6.84. The van der Waals surface area contributed by atoms with E-state index in [9.17, 15) is 0 Å². The van der Waals surface area contributed by atoms with Gasteiger partial charge < -0.3 is 5.21 Å². The molecule has 1 aromatic heterocycles. The number of rotatable bonds is 1. The largest absolute Gasteiger partial charge is 0.411 e. The summed E-state index contributed by atoms with van der Waals surface area (Å²) in [4.78, 5) is 0. The van der Waals surface area contributed by atoms with Crippen molar-refractivity contribution in [3.63, 3.8) is 0 Å². The molecule has 12 heavy (non-hydrogen) atoms. The van der Waals surface area contributed by atoms with Crippen molar-refractivity contribution in [2.45, 2.75) is 0 Å². The fraction of sp³-hybridized carbons (Fsp3) is 0. The van der Waals surface area contributed by atoms with Crippen LogP contribution in [-0.4, -0.2) is 21.6 Å². The Hall–Kier alpha value is -1.84. The molecular weight excluding hydrogens is 154 g/mol. The summed E-state index contributed by atoms with van der Waals surface area (Å²) in [5, 5.41) is 19.0. The average molecular weight is 161 g/mol. The van der Waals surface area contributed by atoms with Gasteiger partial charge in [0.25, 0.3) is 0 Å². The van der Waals surface area contributed by atoms with E-state index in [1.807, 2.05) is 18.2 Å². The van der Waals surface area contributed by atoms with Gasteiger partial charge in [-0.1, -0.05) is 17.3 Å². The van der Waals surface area contributed by atoms with Crippen LogP contribution in [0.3, 0.4) is 0 Å². The molecule has 1 aromatic carbocycles. The molecule has 0 atom stereocenters. The predicted molar refractivity (Wildman–Crippen MR) is 45.5 cm³/mol. The quantitative estimate of drug-likeness (QED) is 0.377. The lowest BCUT2D eigenvalue weighted by Crippen LogP contribution is -1.79. The zero-order valence-electron chi connectivity index (χ0n) is 6.23. The van der Waals surface area contributed by atoms with E-state index in [1.54, 1.807) is 6.20 Å². The van der Waals surface area contributed by atoms with Gasteiger partial charge in [-0.15, -0.1) is 0 Å². The SMILES string of the molecule is O/N=C/c1ccc2cn[nH]c2c1. The van der Waals surface area contributed by atoms with E-state index in [2.05, 4.69) is 15.4 Å². The minimum atomic E-state index is 0.842. The molecule has 1 heterocycles. The molecule has 2 N–H and O–H groups in total. The molecule has 0 saturated carbocycles. The molecule has 0 unspecified atom stereocenters. The molecule has 0 radical (unpaired) electrons. The number of H-pyrrole nitrogens is 1. The molecule has 0 spiro atoms. The highest BCUT2D eigenvalue weighted by Crippen LogP contribution is 2.10. The molecule has 0 aliphatic rings. The first-order valence-corrected chi connectivity index (χ1v) is 3.51. The van der Waals surface area contributed by atoms with Crippen molar-refractivity contribution in [1.29, 1.82) is 0 Å². The minimum Gasteiger partial charge on any atom is -0.411 e. The van der Waals surface area contributed by atoms with Crippen LogP contribution in [0.2, 0.25) is 0 Å². The van der Waals surface area contributed by atoms with Crippen LogP contribution in [-0.2, 0) is 0 Å². The number of nitrogens with one attached hydrogen (secondary N) is 1. The number of aromatic amines is 1. The summed E-state index contributed by atoms with van der Waals surface area (Å²) in [5.41, 5.74) is 1.78. The summed E-state index contributed by atoms with van der Waals surface area (Å²) < 4.78 is 0. The third-order valence-corrected chi connectivity index (χ3v) is 1.67. The number of fused-ring (bicyclic) bond motifs is 1. The molecule has 0 fully saturated rings. The van der Waals surface area contributed by atoms with E-state index >= 15 is 0 Å². The number of nitrogens with zero attached hydrogens (tertiary/aromatic N) is 2. The van der Waals surface area contributed by atoms with Gasteiger partial charge in [0.15, 0.2) is 0 Å². The highest BCUT2D eigenvalue weighted by Gasteiger charge is 1.94. The van der Waals surface area contributed by atoms with E-state index < -0.39 is 0 Å². The van der Waals surface area contributed by atoms with Gasteiger partial charge in [-0.25, -0.2) is 0 Å². The van der Waals surface area contributed by atoms with E-state index in [0.717, 1.165) is 16.5 Å². The van der Waals surface area contributed by atoms with Crippen molar-refractivity contribution in [3.05, 3.63) is 30.0 Å². The third-order valence-electron chi connectivity index (χ3n) is 1.67. The van der Waals surface area contributed by atoms with Crippen LogP contribution in [0.25, 0.3) is 10.9 Å². The molecule has 60 valence electrons. The number of oxime groups is 1. The fourth-order valence-electron chi connectivity index (χ4n) is 1.10. The van der Waals surface area contributed by atoms with Crippen LogP contribution in [0.1, 0.15) is 5.56 Å². The monoisotopic (exact) mass is 161 g/mol. The molecular formula is C8H7N3O. The van der Waals surface area contributed by atoms with Gasteiger partial charge in [0.1, 0.15) is 0 Å². The van der Waals surface area contributed by atoms with Crippen LogP contribution >= 0.6 is 0 Å². The zero-order valence-corrected chi connectivity index (χ0v) is 6.23. The molecule has 0 amide bonds. The van der Waals surface area contributed by atoms with Crippen molar-refractivity contribution in [2.24, 2.45) is 5.16 Å². The molecule has 4 heteroatoms. The van der Waals surface area contributed by atoms with E-state index in [1.165, 1.54) is 6.21 Å². The Labute approximate surface area is 68.5 Å². The zero-order chi connectivity index (χ0) is 8.39. The minimum absolute atomic E-state index is 0.842. The highest BCUT2D eigenvalue weighted by molar-refractivity contribution is 5.87. The van der Waals surface area contributed by atoms with E-state index in [4.69, 9.17) is 5.21 Å². The van der Waals surface area contributed by atoms with Gasteiger partial charge in [0, 0.05) is 5.39 Å². The maximum Gasteiger partial charge on any atom is 0.0734 e. The van der Waals surface area contributed by atoms with Crippen molar-refractivity contribution < 1.29 is 5.21 Å². The Morgan fingerprint density at radius 2 is 2.42 bits per heavy atom. The summed E-state index contributed by atoms with van der Waals surface area (Å²) in [6.45, 7) is 0. The van der Waals surface area contributed by atoms with Crippen molar-refractivity contribution in [2.75, 3.05) is 0 Å². The lowest BCUT2D eigenvalue weighted by molar-refractivity contribution is 0.322. The maximum atomic E-state index is 8.29. The number of aromatic nitrogens is 2. The van der Waals surface area contributed by atoms with Gasteiger partial charge in [0.05, 0.1) is 17.9 Å². The molecule has 0 bridgehead atoms. The number of benzene rings is 1. The Balaban J connectivity index is 2.60. The van der Waals surface area contributed by atoms with Gasteiger partial charge in [0.2, 0.25) is 0 Å². The van der Waals surface area contributed by atoms with Crippen LogP contribution in [0, 0.1) is 0 Å². The molecule has 0 saturated heterocycles. The topological polar surface area (TPSA) is 61.3 Å². The van der Waals surface area contributed by atoms with Crippen LogP contribution in [0.5, 0.6) is 0 Å². The second-order valence-electron chi connectivity index (χ2n) is 2.46. The first-order chi connectivity index (χ1) is 5.90. The highest BCUT2D eigenvalue weighted by atomic mass is 16.4. The Morgan fingerprint density at radius 3 is 3.25 bits per heavy atom. The lowest BCUT2D eigenvalue weighted by Gasteiger charge is -1.90. The van der Waals surface area contributed by atoms with Crippen LogP contribution in [0.4, 0.5) is 0 Å². The van der Waals surface area contributed by atoms with E-state index in [0.29, 0.717) is 0 Å². The van der Waals surface area contributed by atoms with Gasteiger partial charge in [-0.05, 0) is 11.6 Å². The number of hydrogen-bond acceptors (Lipinski definition) is 3. The molecule has 2 rings (SSSR count). The summed E-state index contributed by atoms with van der Waals surface area (Å²) in [5.74, 6) is 0. The maximum absolute atomic E-state index is 8.29. The Morgan fingerprint density at radius 1 is 1.50 bits per heavy atom. The summed E-state index contributed by atoms with van der Waals surface area (Å²) in [6, 6.07) is 5.63. The van der Waals surface area contributed by atoms with Gasteiger partial charge in [-0.2, -0.15) is 5.10 Å². The van der Waals surface area contributed by atoms with Gasteiger partial charge >= 0.3 is 0 Å². The van der Waals surface area contributed by atoms with Gasteiger partial charge in [-0.3, -0.25) is 5.10 Å². The second-order valence-corrected chi connectivity index (χ2v) is 2.46. The standard InChI is InChI=1S/C8H7N3O/c12-10-4-6-1-2-7-5-9-11-8(7)3-6/h1-5,12H,(H,9,11)/b10-4+. The lowest BCUT2D eigenvalue weighted by atomic mass is 10.2. The van der Waals surface area contributed by atoms with Crippen LogP contribution in [0.15, 0.2) is 29.6 Å². The molecule has 2 aromatic rings. The Kier molecular flexibility index (Phi) is 1.51. The van der Waals surface area contributed by atoms with Crippen molar-refractivity contribution >= 4 is 17.1 Å². The number of hydrogen-bond donors (Lipinski definition) is 2. The summed E-state index contributed by atoms with van der Waals surface area (Å²) >= 11 is 0. The van der Waals surface area contributed by atoms with Crippen LogP contribution < -0.4 is 0 Å². The fourth-order valence-corrected chi connectivity index (χ4v) is 1.10. The summed E-state index contributed by atoms with van der Waals surface area (Å²) in [7, 11) is 0. The predicted octanol–water partition coefficient (Wildman–Crippen LogP) is 1.37.